The normalized spacial score (nSPS) is 20.5. The maximum atomic E-state index is 12.3. The van der Waals surface area contributed by atoms with Crippen molar-refractivity contribution < 1.29 is 13.2 Å². The van der Waals surface area contributed by atoms with Gasteiger partial charge in [-0.25, -0.2) is 8.42 Å². The molecule has 0 bridgehead atoms. The van der Waals surface area contributed by atoms with Gasteiger partial charge in [-0.15, -0.1) is 0 Å². The number of sulfonamides is 1. The Bertz CT molecular complexity index is 658. The van der Waals surface area contributed by atoms with Gasteiger partial charge >= 0.3 is 0 Å². The molecule has 1 heterocycles. The molecule has 6 heteroatoms. The molecule has 22 heavy (non-hydrogen) atoms. The number of benzene rings is 1. The molecule has 2 aliphatic rings. The molecule has 1 amide bonds. The third kappa shape index (κ3) is 3.56. The number of hydrogen-bond donors (Lipinski definition) is 0. The van der Waals surface area contributed by atoms with Gasteiger partial charge in [-0.2, -0.15) is 4.31 Å². The maximum Gasteiger partial charge on any atom is 0.236 e. The summed E-state index contributed by atoms with van der Waals surface area (Å²) in [5.41, 5.74) is 0.855. The van der Waals surface area contributed by atoms with Gasteiger partial charge < -0.3 is 4.90 Å². The van der Waals surface area contributed by atoms with Gasteiger partial charge in [0.2, 0.25) is 15.9 Å². The van der Waals surface area contributed by atoms with E-state index in [2.05, 4.69) is 0 Å². The summed E-state index contributed by atoms with van der Waals surface area (Å²) in [5.74, 6) is 0.387. The Morgan fingerprint density at radius 1 is 1.05 bits per heavy atom. The van der Waals surface area contributed by atoms with Crippen LogP contribution in [0.4, 0.5) is 0 Å². The van der Waals surface area contributed by atoms with E-state index in [0.29, 0.717) is 26.2 Å². The van der Waals surface area contributed by atoms with Gasteiger partial charge in [-0.05, 0) is 24.5 Å². The minimum atomic E-state index is -3.42. The van der Waals surface area contributed by atoms with Crippen molar-refractivity contribution in [2.24, 2.45) is 5.92 Å². The van der Waals surface area contributed by atoms with Gasteiger partial charge in [0.15, 0.2) is 0 Å². The molecule has 118 valence electrons. The Hall–Kier alpha value is -1.66. The molecule has 0 aromatic heterocycles. The number of rotatable bonds is 4. The van der Waals surface area contributed by atoms with Crippen molar-refractivity contribution in [1.82, 2.24) is 9.21 Å². The second-order valence-corrected chi connectivity index (χ2v) is 7.58. The zero-order chi connectivity index (χ0) is 15.6. The third-order valence-corrected chi connectivity index (χ3v) is 5.63. The molecule has 0 atom stereocenters. The SMILES string of the molecule is O=C(C1CC1)N1CCN(S(=O)(=O)C=Cc2ccccc2)CC1. The van der Waals surface area contributed by atoms with E-state index in [1.807, 2.05) is 30.3 Å². The second kappa shape index (κ2) is 6.22. The van der Waals surface area contributed by atoms with E-state index in [0.717, 1.165) is 18.4 Å². The topological polar surface area (TPSA) is 57.7 Å². The fourth-order valence-corrected chi connectivity index (χ4v) is 3.74. The number of piperazine rings is 1. The Balaban J connectivity index is 1.59. The number of carbonyl (C=O) groups excluding carboxylic acids is 1. The van der Waals surface area contributed by atoms with Crippen molar-refractivity contribution in [3.8, 4) is 0 Å². The Morgan fingerprint density at radius 3 is 2.27 bits per heavy atom. The van der Waals surface area contributed by atoms with Crippen molar-refractivity contribution in [1.29, 1.82) is 0 Å². The lowest BCUT2D eigenvalue weighted by Gasteiger charge is -2.33. The van der Waals surface area contributed by atoms with E-state index in [1.165, 1.54) is 9.71 Å². The summed E-state index contributed by atoms with van der Waals surface area (Å²) in [6.07, 6.45) is 3.57. The average molecular weight is 320 g/mol. The molecule has 0 spiro atoms. The van der Waals surface area contributed by atoms with Crippen molar-refractivity contribution in [3.63, 3.8) is 0 Å². The van der Waals surface area contributed by atoms with Crippen LogP contribution in [0.3, 0.4) is 0 Å². The first kappa shape index (κ1) is 15.2. The van der Waals surface area contributed by atoms with E-state index in [9.17, 15) is 13.2 Å². The summed E-state index contributed by atoms with van der Waals surface area (Å²) >= 11 is 0. The number of nitrogens with zero attached hydrogens (tertiary/aromatic N) is 2. The lowest BCUT2D eigenvalue weighted by Crippen LogP contribution is -2.50. The molecular weight excluding hydrogens is 300 g/mol. The Kier molecular flexibility index (Phi) is 4.31. The summed E-state index contributed by atoms with van der Waals surface area (Å²) in [7, 11) is -3.42. The average Bonchev–Trinajstić information content (AvgIpc) is 3.38. The molecule has 0 unspecified atom stereocenters. The molecule has 0 radical (unpaired) electrons. The lowest BCUT2D eigenvalue weighted by atomic mass is 10.2. The quantitative estimate of drug-likeness (QED) is 0.845. The van der Waals surface area contributed by atoms with Gasteiger partial charge in [-0.1, -0.05) is 30.3 Å². The van der Waals surface area contributed by atoms with Crippen LogP contribution in [0.5, 0.6) is 0 Å². The van der Waals surface area contributed by atoms with Gasteiger partial charge in [0.1, 0.15) is 0 Å². The molecule has 1 saturated carbocycles. The first-order valence-corrected chi connectivity index (χ1v) is 9.09. The minimum Gasteiger partial charge on any atom is -0.340 e. The van der Waals surface area contributed by atoms with Crippen LogP contribution in [0, 0.1) is 5.92 Å². The van der Waals surface area contributed by atoms with E-state index in [4.69, 9.17) is 0 Å². The number of hydrogen-bond acceptors (Lipinski definition) is 3. The van der Waals surface area contributed by atoms with Gasteiger partial charge in [0.05, 0.1) is 0 Å². The molecule has 1 aromatic rings. The van der Waals surface area contributed by atoms with Gasteiger partial charge in [-0.3, -0.25) is 4.79 Å². The number of carbonyl (C=O) groups is 1. The van der Waals surface area contributed by atoms with Crippen LogP contribution in [-0.4, -0.2) is 49.7 Å². The Morgan fingerprint density at radius 2 is 1.68 bits per heavy atom. The second-order valence-electron chi connectivity index (χ2n) is 5.76. The van der Waals surface area contributed by atoms with E-state index < -0.39 is 10.0 Å². The summed E-state index contributed by atoms with van der Waals surface area (Å²) in [6, 6.07) is 9.35. The van der Waals surface area contributed by atoms with Gasteiger partial charge in [0.25, 0.3) is 0 Å². The minimum absolute atomic E-state index is 0.192. The summed E-state index contributed by atoms with van der Waals surface area (Å²) in [6.45, 7) is 1.74. The van der Waals surface area contributed by atoms with E-state index in [1.54, 1.807) is 11.0 Å². The highest BCUT2D eigenvalue weighted by atomic mass is 32.2. The van der Waals surface area contributed by atoms with Crippen LogP contribution >= 0.6 is 0 Å². The highest BCUT2D eigenvalue weighted by molar-refractivity contribution is 7.92. The van der Waals surface area contributed by atoms with Crippen molar-refractivity contribution in [3.05, 3.63) is 41.3 Å². The molecule has 0 N–H and O–H groups in total. The Labute approximate surface area is 131 Å². The van der Waals surface area contributed by atoms with Crippen LogP contribution in [0.25, 0.3) is 6.08 Å². The first-order chi connectivity index (χ1) is 10.6. The summed E-state index contributed by atoms with van der Waals surface area (Å²) < 4.78 is 26.1. The molecular formula is C16H20N2O3S. The zero-order valence-electron chi connectivity index (χ0n) is 12.4. The van der Waals surface area contributed by atoms with Crippen LogP contribution < -0.4 is 0 Å². The zero-order valence-corrected chi connectivity index (χ0v) is 13.2. The summed E-state index contributed by atoms with van der Waals surface area (Å²) in [4.78, 5) is 13.8. The molecule has 1 aliphatic heterocycles. The highest BCUT2D eigenvalue weighted by Gasteiger charge is 2.35. The molecule has 5 nitrogen and oxygen atoms in total. The van der Waals surface area contributed by atoms with Crippen LogP contribution in [-0.2, 0) is 14.8 Å². The van der Waals surface area contributed by atoms with Crippen molar-refractivity contribution in [2.45, 2.75) is 12.8 Å². The van der Waals surface area contributed by atoms with Crippen molar-refractivity contribution >= 4 is 22.0 Å². The summed E-state index contributed by atoms with van der Waals surface area (Å²) in [5, 5.41) is 1.25. The van der Waals surface area contributed by atoms with Crippen LogP contribution in [0.15, 0.2) is 35.7 Å². The smallest absolute Gasteiger partial charge is 0.236 e. The number of amides is 1. The largest absolute Gasteiger partial charge is 0.340 e. The van der Waals surface area contributed by atoms with E-state index >= 15 is 0 Å². The van der Waals surface area contributed by atoms with Crippen LogP contribution in [0.2, 0.25) is 0 Å². The fraction of sp³-hybridized carbons (Fsp3) is 0.438. The first-order valence-electron chi connectivity index (χ1n) is 7.58. The maximum absolute atomic E-state index is 12.3. The molecule has 1 aliphatic carbocycles. The standard InChI is InChI=1S/C16H20N2O3S/c19-16(15-6-7-15)17-9-11-18(12-10-17)22(20,21)13-8-14-4-2-1-3-5-14/h1-5,8,13,15H,6-7,9-12H2. The molecule has 2 fully saturated rings. The van der Waals surface area contributed by atoms with Crippen molar-refractivity contribution in [2.75, 3.05) is 26.2 Å². The van der Waals surface area contributed by atoms with Gasteiger partial charge in [0, 0.05) is 37.5 Å². The molecule has 3 rings (SSSR count). The molecule has 1 aromatic carbocycles. The van der Waals surface area contributed by atoms with E-state index in [-0.39, 0.29) is 11.8 Å². The predicted octanol–water partition coefficient (Wildman–Crippen LogP) is 1.54. The third-order valence-electron chi connectivity index (χ3n) is 4.07. The van der Waals surface area contributed by atoms with Crippen LogP contribution in [0.1, 0.15) is 18.4 Å². The lowest BCUT2D eigenvalue weighted by molar-refractivity contribution is -0.133. The highest BCUT2D eigenvalue weighted by Crippen LogP contribution is 2.31. The predicted molar refractivity (Wildman–Crippen MR) is 85.3 cm³/mol. The monoisotopic (exact) mass is 320 g/mol. The molecule has 1 saturated heterocycles. The fourth-order valence-electron chi connectivity index (χ4n) is 2.57.